The van der Waals surface area contributed by atoms with Crippen molar-refractivity contribution in [2.45, 2.75) is 26.3 Å². The highest BCUT2D eigenvalue weighted by atomic mass is 16.5. The van der Waals surface area contributed by atoms with E-state index in [1.165, 1.54) is 0 Å². The fourth-order valence-corrected chi connectivity index (χ4v) is 2.28. The first-order valence-electron chi connectivity index (χ1n) is 5.95. The molecule has 0 spiro atoms. The molecule has 0 amide bonds. The summed E-state index contributed by atoms with van der Waals surface area (Å²) in [5, 5.41) is 0. The molecule has 0 fully saturated rings. The van der Waals surface area contributed by atoms with Crippen molar-refractivity contribution in [3.05, 3.63) is 23.8 Å². The molecule has 92 valence electrons. The Morgan fingerprint density at radius 3 is 3.06 bits per heavy atom. The Morgan fingerprint density at radius 2 is 2.35 bits per heavy atom. The summed E-state index contributed by atoms with van der Waals surface area (Å²) in [6.07, 6.45) is 0.895. The molecule has 0 radical (unpaired) electrons. The monoisotopic (exact) mass is 234 g/mol. The molecule has 0 bridgehead atoms. The number of hydrogen-bond acceptors (Lipinski definition) is 4. The van der Waals surface area contributed by atoms with Gasteiger partial charge in [-0.05, 0) is 32.4 Å². The molecular formula is C13H18N2O2. The van der Waals surface area contributed by atoms with Gasteiger partial charge in [0.25, 0.3) is 0 Å². The number of ether oxygens (including phenoxy) is 1. The van der Waals surface area contributed by atoms with Gasteiger partial charge in [0.1, 0.15) is 6.04 Å². The van der Waals surface area contributed by atoms with Crippen molar-refractivity contribution in [3.8, 4) is 0 Å². The number of nitrogens with zero attached hydrogens (tertiary/aromatic N) is 1. The van der Waals surface area contributed by atoms with E-state index in [0.29, 0.717) is 6.61 Å². The van der Waals surface area contributed by atoms with Gasteiger partial charge in [-0.25, -0.2) is 4.79 Å². The molecule has 1 atom stereocenters. The van der Waals surface area contributed by atoms with Crippen LogP contribution in [0.3, 0.4) is 0 Å². The van der Waals surface area contributed by atoms with Crippen LogP contribution >= 0.6 is 0 Å². The van der Waals surface area contributed by atoms with Gasteiger partial charge in [0.05, 0.1) is 6.61 Å². The Bertz CT molecular complexity index is 431. The van der Waals surface area contributed by atoms with Crippen LogP contribution in [0.15, 0.2) is 18.2 Å². The van der Waals surface area contributed by atoms with Crippen LogP contribution in [0.1, 0.15) is 19.4 Å². The first-order valence-corrected chi connectivity index (χ1v) is 5.95. The maximum atomic E-state index is 11.7. The molecule has 0 saturated heterocycles. The van der Waals surface area contributed by atoms with Crippen molar-refractivity contribution >= 4 is 17.3 Å². The molecule has 1 heterocycles. The van der Waals surface area contributed by atoms with Crippen LogP contribution in [-0.4, -0.2) is 25.2 Å². The molecule has 2 rings (SSSR count). The van der Waals surface area contributed by atoms with E-state index in [2.05, 4.69) is 4.90 Å². The van der Waals surface area contributed by atoms with Gasteiger partial charge in [0.2, 0.25) is 0 Å². The number of hydrogen-bond donors (Lipinski definition) is 1. The smallest absolute Gasteiger partial charge is 0.328 e. The maximum Gasteiger partial charge on any atom is 0.328 e. The van der Waals surface area contributed by atoms with Crippen LogP contribution in [-0.2, 0) is 16.0 Å². The first kappa shape index (κ1) is 11.8. The summed E-state index contributed by atoms with van der Waals surface area (Å²) in [6, 6.07) is 5.58. The zero-order valence-corrected chi connectivity index (χ0v) is 10.3. The summed E-state index contributed by atoms with van der Waals surface area (Å²) in [5.74, 6) is -0.178. The number of esters is 1. The average Bonchev–Trinajstić information content (AvgIpc) is 2.73. The molecule has 0 aliphatic carbocycles. The Morgan fingerprint density at radius 1 is 1.59 bits per heavy atom. The van der Waals surface area contributed by atoms with E-state index in [4.69, 9.17) is 10.5 Å². The minimum absolute atomic E-state index is 0.178. The predicted molar refractivity (Wildman–Crippen MR) is 68.0 cm³/mol. The summed E-state index contributed by atoms with van der Waals surface area (Å²) in [5.41, 5.74) is 8.94. The van der Waals surface area contributed by atoms with Crippen LogP contribution < -0.4 is 10.6 Å². The van der Waals surface area contributed by atoms with E-state index in [9.17, 15) is 4.79 Å². The lowest BCUT2D eigenvalue weighted by atomic mass is 10.1. The van der Waals surface area contributed by atoms with E-state index in [1.807, 2.05) is 32.0 Å². The van der Waals surface area contributed by atoms with Gasteiger partial charge in [0.15, 0.2) is 0 Å². The average molecular weight is 234 g/mol. The van der Waals surface area contributed by atoms with Crippen molar-refractivity contribution in [2.75, 3.05) is 23.8 Å². The van der Waals surface area contributed by atoms with Gasteiger partial charge < -0.3 is 15.4 Å². The number of anilines is 2. The van der Waals surface area contributed by atoms with E-state index < -0.39 is 0 Å². The van der Waals surface area contributed by atoms with Crippen molar-refractivity contribution in [3.63, 3.8) is 0 Å². The van der Waals surface area contributed by atoms with Gasteiger partial charge in [-0.1, -0.05) is 6.07 Å². The molecule has 0 saturated carbocycles. The fourth-order valence-electron chi connectivity index (χ4n) is 2.28. The molecule has 1 aromatic carbocycles. The number of fused-ring (bicyclic) bond motifs is 1. The number of benzene rings is 1. The SMILES string of the molecule is CCOC(=O)C(C)N1CCc2c(N)cccc21. The Balaban J connectivity index is 2.22. The van der Waals surface area contributed by atoms with Crippen LogP contribution in [0.25, 0.3) is 0 Å². The fraction of sp³-hybridized carbons (Fsp3) is 0.462. The van der Waals surface area contributed by atoms with Crippen LogP contribution in [0.2, 0.25) is 0 Å². The summed E-state index contributed by atoms with van der Waals surface area (Å²) in [7, 11) is 0. The predicted octanol–water partition coefficient (Wildman–Crippen LogP) is 1.58. The normalized spacial score (nSPS) is 15.5. The van der Waals surface area contributed by atoms with Crippen molar-refractivity contribution in [1.82, 2.24) is 0 Å². The Kier molecular flexibility index (Phi) is 3.22. The molecular weight excluding hydrogens is 216 g/mol. The second-order valence-electron chi connectivity index (χ2n) is 4.22. The lowest BCUT2D eigenvalue weighted by molar-refractivity contribution is -0.144. The lowest BCUT2D eigenvalue weighted by Gasteiger charge is -2.25. The zero-order valence-electron chi connectivity index (χ0n) is 10.3. The number of carbonyl (C=O) groups is 1. The van der Waals surface area contributed by atoms with Crippen LogP contribution in [0.4, 0.5) is 11.4 Å². The van der Waals surface area contributed by atoms with Crippen molar-refractivity contribution in [2.24, 2.45) is 0 Å². The molecule has 17 heavy (non-hydrogen) atoms. The third kappa shape index (κ3) is 2.07. The number of nitrogen functional groups attached to an aromatic ring is 1. The van der Waals surface area contributed by atoms with E-state index in [1.54, 1.807) is 0 Å². The second-order valence-corrected chi connectivity index (χ2v) is 4.22. The van der Waals surface area contributed by atoms with Gasteiger partial charge in [-0.3, -0.25) is 0 Å². The highest BCUT2D eigenvalue weighted by Crippen LogP contribution is 2.33. The summed E-state index contributed by atoms with van der Waals surface area (Å²) >= 11 is 0. The zero-order chi connectivity index (χ0) is 12.4. The number of nitrogens with two attached hydrogens (primary N) is 1. The molecule has 4 nitrogen and oxygen atoms in total. The number of rotatable bonds is 3. The Hall–Kier alpha value is -1.71. The molecule has 1 unspecified atom stereocenters. The minimum atomic E-state index is -0.252. The topological polar surface area (TPSA) is 55.6 Å². The van der Waals surface area contributed by atoms with Crippen molar-refractivity contribution in [1.29, 1.82) is 0 Å². The third-order valence-corrected chi connectivity index (χ3v) is 3.19. The highest BCUT2D eigenvalue weighted by Gasteiger charge is 2.29. The molecule has 2 N–H and O–H groups in total. The van der Waals surface area contributed by atoms with Crippen LogP contribution in [0.5, 0.6) is 0 Å². The third-order valence-electron chi connectivity index (χ3n) is 3.19. The largest absolute Gasteiger partial charge is 0.464 e. The van der Waals surface area contributed by atoms with Crippen molar-refractivity contribution < 1.29 is 9.53 Å². The van der Waals surface area contributed by atoms with E-state index >= 15 is 0 Å². The summed E-state index contributed by atoms with van der Waals surface area (Å²) < 4.78 is 5.05. The molecule has 1 aromatic rings. The quantitative estimate of drug-likeness (QED) is 0.637. The second kappa shape index (κ2) is 4.65. The molecule has 4 heteroatoms. The first-order chi connectivity index (χ1) is 8.15. The lowest BCUT2D eigenvalue weighted by Crippen LogP contribution is -2.39. The van der Waals surface area contributed by atoms with Gasteiger partial charge in [-0.15, -0.1) is 0 Å². The summed E-state index contributed by atoms with van der Waals surface area (Å²) in [4.78, 5) is 13.8. The van der Waals surface area contributed by atoms with Gasteiger partial charge in [0, 0.05) is 23.5 Å². The van der Waals surface area contributed by atoms with Gasteiger partial charge in [-0.2, -0.15) is 0 Å². The standard InChI is InChI=1S/C13H18N2O2/c1-3-17-13(16)9(2)15-8-7-10-11(14)5-4-6-12(10)15/h4-6,9H,3,7-8,14H2,1-2H3. The van der Waals surface area contributed by atoms with E-state index in [0.717, 1.165) is 29.9 Å². The minimum Gasteiger partial charge on any atom is -0.464 e. The number of carbonyl (C=O) groups excluding carboxylic acids is 1. The molecule has 0 aromatic heterocycles. The maximum absolute atomic E-state index is 11.7. The summed E-state index contributed by atoms with van der Waals surface area (Å²) in [6.45, 7) is 4.93. The van der Waals surface area contributed by atoms with Crippen LogP contribution in [0, 0.1) is 0 Å². The highest BCUT2D eigenvalue weighted by molar-refractivity contribution is 5.82. The molecule has 1 aliphatic rings. The molecule has 1 aliphatic heterocycles. The Labute approximate surface area is 101 Å². The van der Waals surface area contributed by atoms with E-state index in [-0.39, 0.29) is 12.0 Å². The van der Waals surface area contributed by atoms with Gasteiger partial charge >= 0.3 is 5.97 Å².